The fourth-order valence-electron chi connectivity index (χ4n) is 2.94. The van der Waals surface area contributed by atoms with Crippen molar-refractivity contribution in [1.82, 2.24) is 24.7 Å². The van der Waals surface area contributed by atoms with E-state index in [-0.39, 0.29) is 0 Å². The summed E-state index contributed by atoms with van der Waals surface area (Å²) in [5.41, 5.74) is 2.78. The molecule has 0 bridgehead atoms. The van der Waals surface area contributed by atoms with Crippen molar-refractivity contribution in [3.8, 4) is 17.1 Å². The number of aromatic nitrogens is 5. The summed E-state index contributed by atoms with van der Waals surface area (Å²) < 4.78 is 14.5. The van der Waals surface area contributed by atoms with Crippen LogP contribution in [0.15, 0.2) is 60.0 Å². The molecule has 138 valence electrons. The van der Waals surface area contributed by atoms with E-state index in [0.29, 0.717) is 11.7 Å². The SMILES string of the molecule is CC(C)CC[S@](=O)c1cnc2c(ccn2-c2cccc(-c3ncn[nH]3)c2)c1. The number of benzene rings is 1. The second-order valence-corrected chi connectivity index (χ2v) is 8.46. The molecule has 0 saturated carbocycles. The van der Waals surface area contributed by atoms with E-state index in [0.717, 1.165) is 39.4 Å². The van der Waals surface area contributed by atoms with Crippen LogP contribution in [0.1, 0.15) is 20.3 Å². The molecule has 0 unspecified atom stereocenters. The van der Waals surface area contributed by atoms with Gasteiger partial charge in [-0.25, -0.2) is 9.97 Å². The van der Waals surface area contributed by atoms with E-state index in [1.807, 2.05) is 47.2 Å². The van der Waals surface area contributed by atoms with Crippen LogP contribution in [0.5, 0.6) is 0 Å². The molecule has 1 N–H and O–H groups in total. The summed E-state index contributed by atoms with van der Waals surface area (Å²) in [6.07, 6.45) is 6.16. The van der Waals surface area contributed by atoms with Gasteiger partial charge in [0.15, 0.2) is 5.82 Å². The van der Waals surface area contributed by atoms with E-state index in [1.54, 1.807) is 6.20 Å². The summed E-state index contributed by atoms with van der Waals surface area (Å²) in [7, 11) is -1.01. The maximum Gasteiger partial charge on any atom is 0.155 e. The maximum atomic E-state index is 12.5. The zero-order valence-electron chi connectivity index (χ0n) is 15.3. The Morgan fingerprint density at radius 3 is 2.85 bits per heavy atom. The minimum atomic E-state index is -1.01. The predicted octanol–water partition coefficient (Wildman–Crippen LogP) is 3.96. The van der Waals surface area contributed by atoms with Gasteiger partial charge in [0.2, 0.25) is 0 Å². The molecule has 1 atom stereocenters. The Bertz CT molecular complexity index is 1080. The van der Waals surface area contributed by atoms with Gasteiger partial charge in [0, 0.05) is 34.8 Å². The molecule has 6 nitrogen and oxygen atoms in total. The van der Waals surface area contributed by atoms with Crippen molar-refractivity contribution in [2.75, 3.05) is 5.75 Å². The Hall–Kier alpha value is -2.80. The third-order valence-electron chi connectivity index (χ3n) is 4.46. The average molecular weight is 379 g/mol. The molecule has 4 rings (SSSR count). The number of hydrogen-bond acceptors (Lipinski definition) is 4. The molecule has 27 heavy (non-hydrogen) atoms. The minimum Gasteiger partial charge on any atom is -0.301 e. The summed E-state index contributed by atoms with van der Waals surface area (Å²) in [6, 6.07) is 12.0. The lowest BCUT2D eigenvalue weighted by Crippen LogP contribution is -2.02. The van der Waals surface area contributed by atoms with Gasteiger partial charge in [0.25, 0.3) is 0 Å². The van der Waals surface area contributed by atoms with Crippen LogP contribution >= 0.6 is 0 Å². The Morgan fingerprint density at radius 2 is 2.07 bits per heavy atom. The third-order valence-corrected chi connectivity index (χ3v) is 5.81. The number of nitrogens with one attached hydrogen (secondary N) is 1. The molecule has 0 fully saturated rings. The van der Waals surface area contributed by atoms with Gasteiger partial charge in [0.05, 0.1) is 15.7 Å². The summed E-state index contributed by atoms with van der Waals surface area (Å²) in [4.78, 5) is 9.59. The number of H-pyrrole nitrogens is 1. The van der Waals surface area contributed by atoms with Crippen molar-refractivity contribution < 1.29 is 4.21 Å². The van der Waals surface area contributed by atoms with Crippen LogP contribution in [-0.2, 0) is 10.8 Å². The van der Waals surface area contributed by atoms with E-state index in [4.69, 9.17) is 0 Å². The van der Waals surface area contributed by atoms with Gasteiger partial charge in [-0.3, -0.25) is 9.31 Å². The van der Waals surface area contributed by atoms with Gasteiger partial charge in [-0.15, -0.1) is 0 Å². The number of hydrogen-bond donors (Lipinski definition) is 1. The largest absolute Gasteiger partial charge is 0.301 e. The first-order valence-corrected chi connectivity index (χ1v) is 10.3. The summed E-state index contributed by atoms with van der Waals surface area (Å²) in [6.45, 7) is 4.29. The smallest absolute Gasteiger partial charge is 0.155 e. The van der Waals surface area contributed by atoms with Crippen molar-refractivity contribution in [1.29, 1.82) is 0 Å². The second kappa shape index (κ2) is 7.44. The predicted molar refractivity (Wildman–Crippen MR) is 107 cm³/mol. The van der Waals surface area contributed by atoms with Gasteiger partial charge in [-0.1, -0.05) is 26.0 Å². The molecule has 0 spiro atoms. The molecule has 7 heteroatoms. The summed E-state index contributed by atoms with van der Waals surface area (Å²) in [5.74, 6) is 1.94. The van der Waals surface area contributed by atoms with Gasteiger partial charge < -0.3 is 4.57 Å². The number of fused-ring (bicyclic) bond motifs is 1. The van der Waals surface area contributed by atoms with Gasteiger partial charge >= 0.3 is 0 Å². The Labute approximate surface area is 160 Å². The van der Waals surface area contributed by atoms with Crippen LogP contribution < -0.4 is 0 Å². The van der Waals surface area contributed by atoms with Gasteiger partial charge in [0.1, 0.15) is 12.0 Å². The van der Waals surface area contributed by atoms with Crippen LogP contribution in [0, 0.1) is 5.92 Å². The molecule has 0 saturated heterocycles. The van der Waals surface area contributed by atoms with E-state index in [2.05, 4.69) is 34.0 Å². The molecule has 4 aromatic rings. The molecule has 0 aliphatic rings. The maximum absolute atomic E-state index is 12.5. The Morgan fingerprint density at radius 1 is 1.19 bits per heavy atom. The number of nitrogens with zero attached hydrogens (tertiary/aromatic N) is 4. The molecule has 1 aromatic carbocycles. The summed E-state index contributed by atoms with van der Waals surface area (Å²) >= 11 is 0. The lowest BCUT2D eigenvalue weighted by atomic mass is 10.2. The molecule has 0 amide bonds. The highest BCUT2D eigenvalue weighted by molar-refractivity contribution is 7.85. The van der Waals surface area contributed by atoms with E-state index in [9.17, 15) is 4.21 Å². The van der Waals surface area contributed by atoms with Crippen molar-refractivity contribution >= 4 is 21.8 Å². The third kappa shape index (κ3) is 3.68. The van der Waals surface area contributed by atoms with Gasteiger partial charge in [-0.05, 0) is 36.6 Å². The minimum absolute atomic E-state index is 0.545. The lowest BCUT2D eigenvalue weighted by molar-refractivity contribution is 0.619. The topological polar surface area (TPSA) is 76.5 Å². The highest BCUT2D eigenvalue weighted by Crippen LogP contribution is 2.24. The van der Waals surface area contributed by atoms with Crippen LogP contribution in [-0.4, -0.2) is 34.7 Å². The second-order valence-electron chi connectivity index (χ2n) is 6.89. The van der Waals surface area contributed by atoms with Crippen LogP contribution in [0.3, 0.4) is 0 Å². The van der Waals surface area contributed by atoms with Crippen LogP contribution in [0.4, 0.5) is 0 Å². The quantitative estimate of drug-likeness (QED) is 0.550. The van der Waals surface area contributed by atoms with Crippen molar-refractivity contribution in [2.24, 2.45) is 5.92 Å². The zero-order valence-corrected chi connectivity index (χ0v) is 16.1. The van der Waals surface area contributed by atoms with Gasteiger partial charge in [-0.2, -0.15) is 5.10 Å². The standard InChI is InChI=1S/C20H21N5OS/c1-14(2)7-9-27(26)18-11-16-6-8-25(20(16)21-12-18)17-5-3-4-15(10-17)19-22-13-23-24-19/h3-6,8,10-14H,7,9H2,1-2H3,(H,22,23,24)/t27-/m0/s1. The van der Waals surface area contributed by atoms with Crippen molar-refractivity contribution in [3.05, 3.63) is 55.1 Å². The van der Waals surface area contributed by atoms with E-state index in [1.165, 1.54) is 6.33 Å². The Balaban J connectivity index is 1.66. The van der Waals surface area contributed by atoms with E-state index < -0.39 is 10.8 Å². The molecule has 0 aliphatic heterocycles. The molecule has 0 aliphatic carbocycles. The fourth-order valence-corrected chi connectivity index (χ4v) is 4.29. The summed E-state index contributed by atoms with van der Waals surface area (Å²) in [5, 5.41) is 7.77. The lowest BCUT2D eigenvalue weighted by Gasteiger charge is -2.08. The number of aromatic amines is 1. The van der Waals surface area contributed by atoms with Crippen LogP contribution in [0.25, 0.3) is 28.1 Å². The Kier molecular flexibility index (Phi) is 4.85. The normalized spacial score (nSPS) is 12.7. The zero-order chi connectivity index (χ0) is 18.8. The highest BCUT2D eigenvalue weighted by Gasteiger charge is 2.11. The first kappa shape index (κ1) is 17.6. The monoisotopic (exact) mass is 379 g/mol. The van der Waals surface area contributed by atoms with Crippen LogP contribution in [0.2, 0.25) is 0 Å². The molecule has 0 radical (unpaired) electrons. The molecular formula is C20H21N5OS. The van der Waals surface area contributed by atoms with E-state index >= 15 is 0 Å². The number of pyridine rings is 1. The average Bonchev–Trinajstić information content (AvgIpc) is 3.35. The van der Waals surface area contributed by atoms with Crippen molar-refractivity contribution in [2.45, 2.75) is 25.2 Å². The first-order valence-electron chi connectivity index (χ1n) is 8.93. The first-order chi connectivity index (χ1) is 13.1. The fraction of sp³-hybridized carbons (Fsp3) is 0.250. The molecular weight excluding hydrogens is 358 g/mol. The van der Waals surface area contributed by atoms with Crippen molar-refractivity contribution in [3.63, 3.8) is 0 Å². The number of rotatable bonds is 6. The molecule has 3 heterocycles. The highest BCUT2D eigenvalue weighted by atomic mass is 32.2. The molecule has 3 aromatic heterocycles.